The van der Waals surface area contributed by atoms with Crippen molar-refractivity contribution >= 4 is 17.3 Å². The Labute approximate surface area is 107 Å². The zero-order valence-corrected chi connectivity index (χ0v) is 11.0. The first-order valence-electron chi connectivity index (χ1n) is 5.89. The Morgan fingerprint density at radius 2 is 2.29 bits per heavy atom. The van der Waals surface area contributed by atoms with Crippen molar-refractivity contribution in [2.45, 2.75) is 25.8 Å². The van der Waals surface area contributed by atoms with Crippen LogP contribution in [0.2, 0.25) is 5.02 Å². The second kappa shape index (κ2) is 5.61. The molecule has 1 aromatic carbocycles. The molecule has 2 rings (SSSR count). The largest absolute Gasteiger partial charge is 0.495 e. The molecule has 4 heteroatoms. The van der Waals surface area contributed by atoms with Crippen LogP contribution in [-0.4, -0.2) is 26.4 Å². The monoisotopic (exact) mass is 255 g/mol. The molecule has 0 bridgehead atoms. The standard InChI is InChI=1S/C13H18ClNO2/c1-9-6-12(13(16-2)7-11(9)14)15-10-4-3-5-17-8-10/h6-7,10,15H,3-5,8H2,1-2H3. The van der Waals surface area contributed by atoms with Gasteiger partial charge >= 0.3 is 0 Å². The average Bonchev–Trinajstić information content (AvgIpc) is 2.35. The topological polar surface area (TPSA) is 30.5 Å². The lowest BCUT2D eigenvalue weighted by Crippen LogP contribution is -2.30. The van der Waals surface area contributed by atoms with E-state index >= 15 is 0 Å². The van der Waals surface area contributed by atoms with E-state index in [0.717, 1.165) is 48.1 Å². The first-order chi connectivity index (χ1) is 8.20. The molecule has 0 saturated carbocycles. The van der Waals surface area contributed by atoms with E-state index in [0.29, 0.717) is 6.04 Å². The molecule has 0 spiro atoms. The van der Waals surface area contributed by atoms with Gasteiger partial charge in [0, 0.05) is 23.7 Å². The molecular weight excluding hydrogens is 238 g/mol. The number of halogens is 1. The van der Waals surface area contributed by atoms with Crippen molar-refractivity contribution in [1.29, 1.82) is 0 Å². The average molecular weight is 256 g/mol. The number of hydrogen-bond donors (Lipinski definition) is 1. The van der Waals surface area contributed by atoms with Crippen LogP contribution < -0.4 is 10.1 Å². The van der Waals surface area contributed by atoms with Gasteiger partial charge in [-0.25, -0.2) is 0 Å². The zero-order valence-electron chi connectivity index (χ0n) is 10.3. The van der Waals surface area contributed by atoms with Gasteiger partial charge in [-0.05, 0) is 31.4 Å². The van der Waals surface area contributed by atoms with Crippen LogP contribution in [0, 0.1) is 6.92 Å². The number of anilines is 1. The van der Waals surface area contributed by atoms with Gasteiger partial charge in [0.2, 0.25) is 0 Å². The predicted molar refractivity (Wildman–Crippen MR) is 70.2 cm³/mol. The van der Waals surface area contributed by atoms with E-state index in [9.17, 15) is 0 Å². The normalized spacial score (nSPS) is 20.1. The summed E-state index contributed by atoms with van der Waals surface area (Å²) in [7, 11) is 1.66. The molecule has 17 heavy (non-hydrogen) atoms. The minimum absolute atomic E-state index is 0.359. The minimum Gasteiger partial charge on any atom is -0.495 e. The second-order valence-electron chi connectivity index (χ2n) is 4.36. The number of rotatable bonds is 3. The number of benzene rings is 1. The van der Waals surface area contributed by atoms with Crippen molar-refractivity contribution in [2.24, 2.45) is 0 Å². The van der Waals surface area contributed by atoms with Crippen LogP contribution in [0.15, 0.2) is 12.1 Å². The molecule has 1 aliphatic heterocycles. The molecule has 0 aliphatic carbocycles. The molecule has 1 heterocycles. The van der Waals surface area contributed by atoms with Crippen LogP contribution in [0.1, 0.15) is 18.4 Å². The smallest absolute Gasteiger partial charge is 0.143 e. The van der Waals surface area contributed by atoms with Gasteiger partial charge < -0.3 is 14.8 Å². The molecule has 1 fully saturated rings. The van der Waals surface area contributed by atoms with Gasteiger partial charge in [-0.3, -0.25) is 0 Å². The first-order valence-corrected chi connectivity index (χ1v) is 6.27. The summed E-state index contributed by atoms with van der Waals surface area (Å²) < 4.78 is 10.8. The molecule has 0 aromatic heterocycles. The van der Waals surface area contributed by atoms with E-state index in [1.807, 2.05) is 19.1 Å². The van der Waals surface area contributed by atoms with Gasteiger partial charge in [0.25, 0.3) is 0 Å². The van der Waals surface area contributed by atoms with Crippen LogP contribution in [-0.2, 0) is 4.74 Å². The van der Waals surface area contributed by atoms with Crippen LogP contribution in [0.5, 0.6) is 5.75 Å². The lowest BCUT2D eigenvalue weighted by Gasteiger charge is -2.25. The molecule has 1 aromatic rings. The van der Waals surface area contributed by atoms with E-state index in [4.69, 9.17) is 21.1 Å². The Kier molecular flexibility index (Phi) is 4.13. The quantitative estimate of drug-likeness (QED) is 0.899. The van der Waals surface area contributed by atoms with Gasteiger partial charge in [0.1, 0.15) is 5.75 Å². The van der Waals surface area contributed by atoms with Crippen LogP contribution >= 0.6 is 11.6 Å². The summed E-state index contributed by atoms with van der Waals surface area (Å²) in [6.45, 7) is 3.62. The van der Waals surface area contributed by atoms with Crippen LogP contribution in [0.3, 0.4) is 0 Å². The summed E-state index contributed by atoms with van der Waals surface area (Å²) >= 11 is 6.07. The lowest BCUT2D eigenvalue weighted by atomic mass is 10.1. The summed E-state index contributed by atoms with van der Waals surface area (Å²) in [5, 5.41) is 4.19. The number of ether oxygens (including phenoxy) is 2. The fourth-order valence-corrected chi connectivity index (χ4v) is 2.17. The van der Waals surface area contributed by atoms with Crippen molar-refractivity contribution in [2.75, 3.05) is 25.6 Å². The Morgan fingerprint density at radius 3 is 2.94 bits per heavy atom. The summed E-state index contributed by atoms with van der Waals surface area (Å²) in [6, 6.07) is 4.23. The van der Waals surface area contributed by atoms with E-state index in [1.54, 1.807) is 7.11 Å². The van der Waals surface area contributed by atoms with Gasteiger partial charge in [0.05, 0.1) is 19.4 Å². The first kappa shape index (κ1) is 12.5. The van der Waals surface area contributed by atoms with Gasteiger partial charge in [0.15, 0.2) is 0 Å². The molecule has 1 atom stereocenters. The molecule has 0 amide bonds. The molecule has 1 saturated heterocycles. The lowest BCUT2D eigenvalue weighted by molar-refractivity contribution is 0.0875. The maximum Gasteiger partial charge on any atom is 0.143 e. The highest BCUT2D eigenvalue weighted by Crippen LogP contribution is 2.32. The van der Waals surface area contributed by atoms with Crippen LogP contribution in [0.4, 0.5) is 5.69 Å². The molecular formula is C13H18ClNO2. The summed E-state index contributed by atoms with van der Waals surface area (Å²) in [5.74, 6) is 0.783. The molecule has 94 valence electrons. The molecule has 3 nitrogen and oxygen atoms in total. The van der Waals surface area contributed by atoms with Gasteiger partial charge in [-0.15, -0.1) is 0 Å². The van der Waals surface area contributed by atoms with Crippen molar-refractivity contribution in [3.8, 4) is 5.75 Å². The summed E-state index contributed by atoms with van der Waals surface area (Å²) in [4.78, 5) is 0. The van der Waals surface area contributed by atoms with Gasteiger partial charge in [-0.2, -0.15) is 0 Å². The summed E-state index contributed by atoms with van der Waals surface area (Å²) in [6.07, 6.45) is 2.23. The number of aryl methyl sites for hydroxylation is 1. The SMILES string of the molecule is COc1cc(Cl)c(C)cc1NC1CCCOC1. The van der Waals surface area contributed by atoms with E-state index in [2.05, 4.69) is 5.32 Å². The van der Waals surface area contributed by atoms with Gasteiger partial charge in [-0.1, -0.05) is 11.6 Å². The molecule has 1 aliphatic rings. The second-order valence-corrected chi connectivity index (χ2v) is 4.77. The predicted octanol–water partition coefficient (Wildman–Crippen LogP) is 3.25. The number of nitrogens with one attached hydrogen (secondary N) is 1. The van der Waals surface area contributed by atoms with Crippen molar-refractivity contribution in [1.82, 2.24) is 0 Å². The third-order valence-electron chi connectivity index (χ3n) is 3.00. The number of hydrogen-bond acceptors (Lipinski definition) is 3. The molecule has 0 radical (unpaired) electrons. The van der Waals surface area contributed by atoms with Crippen molar-refractivity contribution in [3.63, 3.8) is 0 Å². The highest BCUT2D eigenvalue weighted by atomic mass is 35.5. The molecule has 1 unspecified atom stereocenters. The third kappa shape index (κ3) is 3.05. The zero-order chi connectivity index (χ0) is 12.3. The fourth-order valence-electron chi connectivity index (χ4n) is 2.02. The maximum absolute atomic E-state index is 6.07. The third-order valence-corrected chi connectivity index (χ3v) is 3.41. The van der Waals surface area contributed by atoms with E-state index < -0.39 is 0 Å². The highest BCUT2D eigenvalue weighted by Gasteiger charge is 2.16. The van der Waals surface area contributed by atoms with E-state index in [-0.39, 0.29) is 0 Å². The van der Waals surface area contributed by atoms with E-state index in [1.165, 1.54) is 0 Å². The number of methoxy groups -OCH3 is 1. The summed E-state index contributed by atoms with van der Waals surface area (Å²) in [5.41, 5.74) is 2.04. The molecule has 1 N–H and O–H groups in total. The van der Waals surface area contributed by atoms with Crippen molar-refractivity contribution in [3.05, 3.63) is 22.7 Å². The highest BCUT2D eigenvalue weighted by molar-refractivity contribution is 6.31. The maximum atomic E-state index is 6.07. The Morgan fingerprint density at radius 1 is 1.47 bits per heavy atom. The fraction of sp³-hybridized carbons (Fsp3) is 0.538. The Bertz CT molecular complexity index is 389. The Balaban J connectivity index is 2.15. The Hall–Kier alpha value is -0.930. The minimum atomic E-state index is 0.359. The van der Waals surface area contributed by atoms with Crippen molar-refractivity contribution < 1.29 is 9.47 Å². The van der Waals surface area contributed by atoms with Crippen LogP contribution in [0.25, 0.3) is 0 Å².